The molecule has 2 amide bonds. The van der Waals surface area contributed by atoms with E-state index in [1.165, 1.54) is 36.7 Å². The summed E-state index contributed by atoms with van der Waals surface area (Å²) in [6.45, 7) is 3.36. The molecule has 1 aromatic carbocycles. The normalized spacial score (nSPS) is 16.2. The largest absolute Gasteiger partial charge is 0.480 e. The van der Waals surface area contributed by atoms with Crippen LogP contribution in [0.5, 0.6) is 5.75 Å². The number of pyridine rings is 1. The van der Waals surface area contributed by atoms with Gasteiger partial charge < -0.3 is 20.9 Å². The number of amides is 2. The van der Waals surface area contributed by atoms with Gasteiger partial charge in [0.05, 0.1) is 5.69 Å². The first kappa shape index (κ1) is 26.3. The number of anilines is 1. The lowest BCUT2D eigenvalue weighted by molar-refractivity contribution is -0.139. The number of aliphatic imine (C=N–C) groups is 1. The molecule has 1 aliphatic heterocycles. The second-order valence-corrected chi connectivity index (χ2v) is 9.33. The van der Waals surface area contributed by atoms with Crippen molar-refractivity contribution in [3.8, 4) is 5.75 Å². The summed E-state index contributed by atoms with van der Waals surface area (Å²) < 4.78 is 32.9. The molecule has 2 heterocycles. The zero-order valence-corrected chi connectivity index (χ0v) is 19.7. The standard InChI is InChI=1S/C22H24N6O7S/c1-2-25-22(23)27-19(29)8-7-18-20(30)26-15-10-13(5-6-17(15)35-18)11-16(21(31)32)28-36(33,34)14-4-3-9-24-12-14/h2-6,9-10,12,16,18,28H,1,7-8,11H2,(H,26,30)(H,31,32)(H3,23,25,27,29)/t16-,18?/m0/s1. The maximum absolute atomic E-state index is 12.5. The molecule has 1 unspecified atom stereocenters. The molecule has 36 heavy (non-hydrogen) atoms. The first-order valence-electron chi connectivity index (χ1n) is 10.6. The fourth-order valence-corrected chi connectivity index (χ4v) is 4.44. The average molecular weight is 517 g/mol. The molecule has 1 aromatic heterocycles. The molecule has 0 spiro atoms. The molecule has 3 rings (SSSR count). The van der Waals surface area contributed by atoms with Crippen molar-refractivity contribution in [3.63, 3.8) is 0 Å². The number of aliphatic carboxylic acids is 1. The second-order valence-electron chi connectivity index (χ2n) is 7.61. The van der Waals surface area contributed by atoms with Crippen LogP contribution in [0, 0.1) is 0 Å². The van der Waals surface area contributed by atoms with E-state index in [9.17, 15) is 27.9 Å². The lowest BCUT2D eigenvalue weighted by atomic mass is 10.0. The molecule has 0 saturated carbocycles. The van der Waals surface area contributed by atoms with E-state index in [1.54, 1.807) is 6.07 Å². The number of hydrogen-bond acceptors (Lipinski definition) is 8. The fraction of sp³-hybridized carbons (Fsp3) is 0.227. The zero-order valence-electron chi connectivity index (χ0n) is 18.9. The molecule has 14 heteroatoms. The minimum Gasteiger partial charge on any atom is -0.480 e. The Balaban J connectivity index is 1.66. The van der Waals surface area contributed by atoms with E-state index < -0.39 is 40.0 Å². The summed E-state index contributed by atoms with van der Waals surface area (Å²) in [4.78, 5) is 43.3. The molecule has 13 nitrogen and oxygen atoms in total. The molecule has 0 saturated heterocycles. The third-order valence-electron chi connectivity index (χ3n) is 4.97. The highest BCUT2D eigenvalue weighted by Gasteiger charge is 2.30. The first-order valence-corrected chi connectivity index (χ1v) is 12.1. The van der Waals surface area contributed by atoms with E-state index in [4.69, 9.17) is 10.5 Å². The van der Waals surface area contributed by atoms with Gasteiger partial charge in [-0.2, -0.15) is 4.72 Å². The summed E-state index contributed by atoms with van der Waals surface area (Å²) in [5.41, 5.74) is 6.20. The van der Waals surface area contributed by atoms with Gasteiger partial charge >= 0.3 is 5.97 Å². The number of guanidine groups is 1. The summed E-state index contributed by atoms with van der Waals surface area (Å²) in [5.74, 6) is -2.13. The van der Waals surface area contributed by atoms with Crippen molar-refractivity contribution < 1.29 is 32.6 Å². The van der Waals surface area contributed by atoms with Crippen LogP contribution in [-0.2, 0) is 30.8 Å². The number of ether oxygens (including phenoxy) is 1. The average Bonchev–Trinajstić information content (AvgIpc) is 2.83. The van der Waals surface area contributed by atoms with Gasteiger partial charge in [0.1, 0.15) is 16.7 Å². The monoisotopic (exact) mass is 516 g/mol. The van der Waals surface area contributed by atoms with Crippen molar-refractivity contribution in [2.75, 3.05) is 5.32 Å². The number of nitrogens with zero attached hydrogens (tertiary/aromatic N) is 2. The number of sulfonamides is 1. The minimum atomic E-state index is -4.12. The Morgan fingerprint density at radius 3 is 2.81 bits per heavy atom. The Morgan fingerprint density at radius 2 is 2.14 bits per heavy atom. The summed E-state index contributed by atoms with van der Waals surface area (Å²) in [6, 6.07) is 5.82. The number of fused-ring (bicyclic) bond motifs is 1. The Hall–Kier alpha value is -4.30. The first-order chi connectivity index (χ1) is 17.1. The summed E-state index contributed by atoms with van der Waals surface area (Å²) >= 11 is 0. The quantitative estimate of drug-likeness (QED) is 0.214. The van der Waals surface area contributed by atoms with Crippen LogP contribution in [0.15, 0.2) is 65.4 Å². The number of nitrogens with two attached hydrogens (primary N) is 1. The van der Waals surface area contributed by atoms with Crippen LogP contribution in [0.4, 0.5) is 5.69 Å². The van der Waals surface area contributed by atoms with Gasteiger partial charge in [-0.15, -0.1) is 0 Å². The number of aromatic nitrogens is 1. The molecule has 0 aliphatic carbocycles. The second kappa shape index (κ2) is 11.4. The highest BCUT2D eigenvalue weighted by atomic mass is 32.2. The minimum absolute atomic E-state index is 0.0593. The van der Waals surface area contributed by atoms with E-state index >= 15 is 0 Å². The highest BCUT2D eigenvalue weighted by molar-refractivity contribution is 7.89. The van der Waals surface area contributed by atoms with Crippen LogP contribution < -0.4 is 25.8 Å². The number of carboxylic acid groups (broad SMARTS) is 1. The molecular weight excluding hydrogens is 492 g/mol. The van der Waals surface area contributed by atoms with Crippen molar-refractivity contribution in [1.82, 2.24) is 15.0 Å². The molecule has 190 valence electrons. The van der Waals surface area contributed by atoms with Crippen LogP contribution in [-0.4, -0.2) is 54.4 Å². The maximum Gasteiger partial charge on any atom is 0.322 e. The van der Waals surface area contributed by atoms with Crippen LogP contribution in [0.1, 0.15) is 18.4 Å². The predicted octanol–water partition coefficient (Wildman–Crippen LogP) is 0.110. The van der Waals surface area contributed by atoms with Crippen LogP contribution in [0.25, 0.3) is 0 Å². The third-order valence-corrected chi connectivity index (χ3v) is 6.43. The number of hydrogen-bond donors (Lipinski definition) is 5. The van der Waals surface area contributed by atoms with Crippen molar-refractivity contribution in [2.24, 2.45) is 10.7 Å². The third kappa shape index (κ3) is 6.86. The van der Waals surface area contributed by atoms with Gasteiger partial charge in [0.2, 0.25) is 15.9 Å². The van der Waals surface area contributed by atoms with Crippen molar-refractivity contribution in [2.45, 2.75) is 36.3 Å². The fourth-order valence-electron chi connectivity index (χ4n) is 3.29. The van der Waals surface area contributed by atoms with Gasteiger partial charge in [0.15, 0.2) is 12.1 Å². The van der Waals surface area contributed by atoms with E-state index in [0.29, 0.717) is 17.0 Å². The lowest BCUT2D eigenvalue weighted by Gasteiger charge is -2.26. The van der Waals surface area contributed by atoms with Crippen molar-refractivity contribution in [1.29, 1.82) is 0 Å². The Bertz CT molecular complexity index is 1300. The van der Waals surface area contributed by atoms with Gasteiger partial charge in [-0.1, -0.05) is 12.6 Å². The number of carbonyl (C=O) groups excluding carboxylic acids is 2. The predicted molar refractivity (Wildman–Crippen MR) is 128 cm³/mol. The van der Waals surface area contributed by atoms with Crippen molar-refractivity contribution >= 4 is 39.5 Å². The van der Waals surface area contributed by atoms with E-state index in [2.05, 4.69) is 31.9 Å². The molecule has 0 bridgehead atoms. The molecule has 0 radical (unpaired) electrons. The van der Waals surface area contributed by atoms with Gasteiger partial charge in [0, 0.05) is 31.4 Å². The lowest BCUT2D eigenvalue weighted by Crippen LogP contribution is -2.42. The van der Waals surface area contributed by atoms with E-state index in [-0.39, 0.29) is 30.1 Å². The van der Waals surface area contributed by atoms with Crippen LogP contribution >= 0.6 is 0 Å². The van der Waals surface area contributed by atoms with Gasteiger partial charge in [-0.25, -0.2) is 13.4 Å². The molecule has 6 N–H and O–H groups in total. The smallest absolute Gasteiger partial charge is 0.322 e. The maximum atomic E-state index is 12.5. The Morgan fingerprint density at radius 1 is 1.36 bits per heavy atom. The number of carboxylic acids is 1. The zero-order chi connectivity index (χ0) is 26.3. The molecule has 1 aliphatic rings. The van der Waals surface area contributed by atoms with E-state index in [0.717, 1.165) is 6.20 Å². The van der Waals surface area contributed by atoms with E-state index in [1.807, 2.05) is 0 Å². The summed E-state index contributed by atoms with van der Waals surface area (Å²) in [6.07, 6.45) is 2.54. The number of carbonyl (C=O) groups is 3. The molecular formula is C22H24N6O7S. The highest BCUT2D eigenvalue weighted by Crippen LogP contribution is 2.32. The Labute approximate surface area is 206 Å². The van der Waals surface area contributed by atoms with Gasteiger partial charge in [-0.3, -0.25) is 24.7 Å². The summed E-state index contributed by atoms with van der Waals surface area (Å²) in [7, 11) is -4.12. The molecule has 2 aromatic rings. The van der Waals surface area contributed by atoms with Gasteiger partial charge in [0.25, 0.3) is 5.91 Å². The number of nitrogens with one attached hydrogen (secondary N) is 3. The number of benzene rings is 1. The summed E-state index contributed by atoms with van der Waals surface area (Å²) in [5, 5.41) is 14.6. The van der Waals surface area contributed by atoms with Crippen molar-refractivity contribution in [3.05, 3.63) is 61.1 Å². The number of rotatable bonds is 10. The Kier molecular flexibility index (Phi) is 8.34. The molecule has 0 fully saturated rings. The molecule has 2 atom stereocenters. The van der Waals surface area contributed by atoms with Crippen LogP contribution in [0.3, 0.4) is 0 Å². The SMILES string of the molecule is C=CN=C(N)NC(=O)CCC1Oc2ccc(C[C@H](NS(=O)(=O)c3cccnc3)C(=O)O)cc2NC1=O. The van der Waals surface area contributed by atoms with Crippen LogP contribution in [0.2, 0.25) is 0 Å². The van der Waals surface area contributed by atoms with Gasteiger partial charge in [-0.05, 0) is 36.2 Å². The topological polar surface area (TPSA) is 202 Å².